The average Bonchev–Trinajstić information content (AvgIpc) is 2.13. The molecule has 1 nitrogen and oxygen atoms in total. The molecule has 0 aromatic carbocycles. The number of hydrogen-bond donors (Lipinski definition) is 1. The first-order valence-corrected chi connectivity index (χ1v) is 5.41. The van der Waals surface area contributed by atoms with E-state index in [1.807, 2.05) is 13.0 Å². The Balaban J connectivity index is 3.87. The highest BCUT2D eigenvalue weighted by atomic mass is 16.3. The van der Waals surface area contributed by atoms with Crippen LogP contribution in [0, 0.1) is 11.8 Å². The molecule has 1 N–H and O–H groups in total. The van der Waals surface area contributed by atoms with Crippen LogP contribution in [0.5, 0.6) is 0 Å². The fourth-order valence-corrected chi connectivity index (χ4v) is 1.32. The molecule has 0 saturated carbocycles. The summed E-state index contributed by atoms with van der Waals surface area (Å²) in [5.41, 5.74) is 1.35. The molecule has 0 rings (SSSR count). The highest BCUT2D eigenvalue weighted by Crippen LogP contribution is 2.17. The van der Waals surface area contributed by atoms with Crippen molar-refractivity contribution in [3.8, 4) is 0 Å². The molecular formula is C13H24O. The van der Waals surface area contributed by atoms with Gasteiger partial charge < -0.3 is 5.11 Å². The van der Waals surface area contributed by atoms with E-state index >= 15 is 0 Å². The maximum Gasteiger partial charge on any atom is 0.0602 e. The van der Waals surface area contributed by atoms with Gasteiger partial charge in [0.15, 0.2) is 0 Å². The van der Waals surface area contributed by atoms with Crippen LogP contribution in [-0.4, -0.2) is 11.2 Å². The van der Waals surface area contributed by atoms with Crippen LogP contribution in [0.3, 0.4) is 0 Å². The highest BCUT2D eigenvalue weighted by Gasteiger charge is 2.13. The number of hydrogen-bond acceptors (Lipinski definition) is 1. The van der Waals surface area contributed by atoms with Crippen LogP contribution >= 0.6 is 0 Å². The molecule has 82 valence electrons. The van der Waals surface area contributed by atoms with Crippen LogP contribution in [0.25, 0.3) is 0 Å². The summed E-state index contributed by atoms with van der Waals surface area (Å²) < 4.78 is 0. The van der Waals surface area contributed by atoms with Gasteiger partial charge in [0, 0.05) is 0 Å². The molecule has 0 amide bonds. The second-order valence-corrected chi connectivity index (χ2v) is 4.52. The highest BCUT2D eigenvalue weighted by molar-refractivity contribution is 4.94. The van der Waals surface area contributed by atoms with E-state index in [1.54, 1.807) is 0 Å². The fourth-order valence-electron chi connectivity index (χ4n) is 1.32. The smallest absolute Gasteiger partial charge is 0.0602 e. The first kappa shape index (κ1) is 13.4. The summed E-state index contributed by atoms with van der Waals surface area (Å²) in [6.45, 7) is 12.1. The minimum atomic E-state index is -0.243. The van der Waals surface area contributed by atoms with Crippen molar-refractivity contribution in [2.45, 2.75) is 46.6 Å². The maximum atomic E-state index is 9.76. The van der Waals surface area contributed by atoms with E-state index in [4.69, 9.17) is 0 Å². The number of rotatable bonds is 6. The topological polar surface area (TPSA) is 20.2 Å². The van der Waals surface area contributed by atoms with Crippen LogP contribution in [0.1, 0.15) is 40.5 Å². The summed E-state index contributed by atoms with van der Waals surface area (Å²) in [7, 11) is 0. The van der Waals surface area contributed by atoms with Crippen LogP contribution in [0.2, 0.25) is 0 Å². The number of allylic oxidation sites excluding steroid dienone is 2. The van der Waals surface area contributed by atoms with E-state index in [-0.39, 0.29) is 12.0 Å². The summed E-state index contributed by atoms with van der Waals surface area (Å²) in [6, 6.07) is 0. The van der Waals surface area contributed by atoms with Gasteiger partial charge in [0.1, 0.15) is 0 Å². The van der Waals surface area contributed by atoms with Gasteiger partial charge in [0.25, 0.3) is 0 Å². The van der Waals surface area contributed by atoms with E-state index < -0.39 is 0 Å². The molecular weight excluding hydrogens is 172 g/mol. The van der Waals surface area contributed by atoms with E-state index in [0.717, 1.165) is 12.8 Å². The first-order chi connectivity index (χ1) is 6.47. The molecule has 0 aromatic rings. The Morgan fingerprint density at radius 3 is 2.36 bits per heavy atom. The Morgan fingerprint density at radius 1 is 1.36 bits per heavy atom. The van der Waals surface area contributed by atoms with Crippen LogP contribution < -0.4 is 0 Å². The monoisotopic (exact) mass is 196 g/mol. The standard InChI is InChI=1S/C13H24O/c1-6-12(5)13(14)9-11(4)8-7-10(2)3/h6-7,11-14H,1,8-9H2,2-5H3/t11-,12-,13-/m1/s1. The zero-order chi connectivity index (χ0) is 11.1. The van der Waals surface area contributed by atoms with E-state index in [9.17, 15) is 5.11 Å². The molecule has 0 aliphatic heterocycles. The lowest BCUT2D eigenvalue weighted by molar-refractivity contribution is 0.112. The molecule has 0 heterocycles. The van der Waals surface area contributed by atoms with Gasteiger partial charge in [-0.25, -0.2) is 0 Å². The van der Waals surface area contributed by atoms with Crippen molar-refractivity contribution in [2.75, 3.05) is 0 Å². The molecule has 0 saturated heterocycles. The van der Waals surface area contributed by atoms with Crippen molar-refractivity contribution >= 4 is 0 Å². The van der Waals surface area contributed by atoms with Crippen molar-refractivity contribution in [3.05, 3.63) is 24.3 Å². The van der Waals surface area contributed by atoms with E-state index in [1.165, 1.54) is 5.57 Å². The average molecular weight is 196 g/mol. The summed E-state index contributed by atoms with van der Waals surface area (Å²) >= 11 is 0. The second-order valence-electron chi connectivity index (χ2n) is 4.52. The van der Waals surface area contributed by atoms with Crippen LogP contribution in [0.4, 0.5) is 0 Å². The lowest BCUT2D eigenvalue weighted by Gasteiger charge is -2.18. The normalized spacial score (nSPS) is 16.9. The Hall–Kier alpha value is -0.560. The predicted molar refractivity (Wildman–Crippen MR) is 63.2 cm³/mol. The van der Waals surface area contributed by atoms with Crippen LogP contribution in [-0.2, 0) is 0 Å². The van der Waals surface area contributed by atoms with Crippen molar-refractivity contribution < 1.29 is 5.11 Å². The van der Waals surface area contributed by atoms with E-state index in [0.29, 0.717) is 5.92 Å². The molecule has 0 spiro atoms. The lowest BCUT2D eigenvalue weighted by atomic mass is 9.92. The quantitative estimate of drug-likeness (QED) is 0.644. The predicted octanol–water partition coefficient (Wildman–Crippen LogP) is 3.55. The maximum absolute atomic E-state index is 9.76. The van der Waals surface area contributed by atoms with Crippen molar-refractivity contribution in [1.82, 2.24) is 0 Å². The third kappa shape index (κ3) is 5.98. The van der Waals surface area contributed by atoms with Crippen molar-refractivity contribution in [3.63, 3.8) is 0 Å². The molecule has 14 heavy (non-hydrogen) atoms. The third-order valence-electron chi connectivity index (χ3n) is 2.55. The number of aliphatic hydroxyl groups excluding tert-OH is 1. The molecule has 0 unspecified atom stereocenters. The molecule has 0 radical (unpaired) electrons. The van der Waals surface area contributed by atoms with Gasteiger partial charge in [-0.1, -0.05) is 31.6 Å². The Labute approximate surface area is 88.5 Å². The third-order valence-corrected chi connectivity index (χ3v) is 2.55. The lowest BCUT2D eigenvalue weighted by Crippen LogP contribution is -2.18. The minimum Gasteiger partial charge on any atom is -0.393 e. The Bertz CT molecular complexity index is 189. The van der Waals surface area contributed by atoms with Gasteiger partial charge in [-0.2, -0.15) is 0 Å². The van der Waals surface area contributed by atoms with Gasteiger partial charge in [0.05, 0.1) is 6.10 Å². The minimum absolute atomic E-state index is 0.198. The summed E-state index contributed by atoms with van der Waals surface area (Å²) in [6.07, 6.45) is 5.72. The molecule has 1 heteroatoms. The Kier molecular flexibility index (Phi) is 6.56. The van der Waals surface area contributed by atoms with Gasteiger partial charge in [0.2, 0.25) is 0 Å². The second kappa shape index (κ2) is 6.83. The molecule has 0 bridgehead atoms. The molecule has 3 atom stereocenters. The summed E-state index contributed by atoms with van der Waals surface area (Å²) in [5, 5.41) is 9.76. The first-order valence-electron chi connectivity index (χ1n) is 5.41. The summed E-state index contributed by atoms with van der Waals surface area (Å²) in [5.74, 6) is 0.742. The van der Waals surface area contributed by atoms with Crippen molar-refractivity contribution in [2.24, 2.45) is 11.8 Å². The molecule has 0 aliphatic rings. The van der Waals surface area contributed by atoms with Gasteiger partial charge in [-0.15, -0.1) is 6.58 Å². The van der Waals surface area contributed by atoms with Crippen molar-refractivity contribution in [1.29, 1.82) is 0 Å². The van der Waals surface area contributed by atoms with E-state index in [2.05, 4.69) is 33.4 Å². The van der Waals surface area contributed by atoms with Gasteiger partial charge in [-0.05, 0) is 38.5 Å². The number of aliphatic hydroxyl groups is 1. The SMILES string of the molecule is C=C[C@@H](C)[C@H](O)C[C@H](C)CC=C(C)C. The largest absolute Gasteiger partial charge is 0.393 e. The van der Waals surface area contributed by atoms with Crippen LogP contribution in [0.15, 0.2) is 24.3 Å². The zero-order valence-electron chi connectivity index (χ0n) is 9.96. The van der Waals surface area contributed by atoms with Gasteiger partial charge in [-0.3, -0.25) is 0 Å². The van der Waals surface area contributed by atoms with Gasteiger partial charge >= 0.3 is 0 Å². The Morgan fingerprint density at radius 2 is 1.93 bits per heavy atom. The molecule has 0 aromatic heterocycles. The summed E-state index contributed by atoms with van der Waals surface area (Å²) in [4.78, 5) is 0. The molecule has 0 aliphatic carbocycles. The fraction of sp³-hybridized carbons (Fsp3) is 0.692. The zero-order valence-corrected chi connectivity index (χ0v) is 9.96. The molecule has 0 fully saturated rings.